The summed E-state index contributed by atoms with van der Waals surface area (Å²) in [5.41, 5.74) is 4.90. The first-order valence-electron chi connectivity index (χ1n) is 15.3. The minimum atomic E-state index is -0.377. The van der Waals surface area contributed by atoms with Crippen molar-refractivity contribution in [2.24, 2.45) is 11.8 Å². The number of rotatable bonds is 10. The molecule has 218 valence electrons. The number of ketones is 2. The Balaban J connectivity index is 1.09. The van der Waals surface area contributed by atoms with Crippen molar-refractivity contribution in [3.8, 4) is 17.2 Å². The van der Waals surface area contributed by atoms with Crippen molar-refractivity contribution in [1.29, 1.82) is 0 Å². The fraction of sp³-hybridized carbons (Fsp3) is 0.389. The third-order valence-corrected chi connectivity index (χ3v) is 9.16. The zero-order valence-electron chi connectivity index (χ0n) is 23.9. The molecule has 2 N–H and O–H groups in total. The summed E-state index contributed by atoms with van der Waals surface area (Å²) in [4.78, 5) is 31.1. The molecule has 6 nitrogen and oxygen atoms in total. The number of aryl methyl sites for hydroxylation is 2. The van der Waals surface area contributed by atoms with Gasteiger partial charge >= 0.3 is 0 Å². The van der Waals surface area contributed by atoms with Gasteiger partial charge < -0.3 is 19.9 Å². The summed E-state index contributed by atoms with van der Waals surface area (Å²) >= 11 is 0. The lowest BCUT2D eigenvalue weighted by Gasteiger charge is -2.31. The quantitative estimate of drug-likeness (QED) is 0.259. The highest BCUT2D eigenvalue weighted by molar-refractivity contribution is 6.01. The van der Waals surface area contributed by atoms with E-state index in [1.54, 1.807) is 18.3 Å². The average Bonchev–Trinajstić information content (AvgIpc) is 3.63. The van der Waals surface area contributed by atoms with E-state index in [0.29, 0.717) is 17.9 Å². The van der Waals surface area contributed by atoms with Gasteiger partial charge in [-0.2, -0.15) is 6.20 Å². The first kappa shape index (κ1) is 28.1. The molecule has 2 aromatic carbocycles. The van der Waals surface area contributed by atoms with Gasteiger partial charge in [-0.1, -0.05) is 54.1 Å². The molecule has 0 spiro atoms. The molecule has 0 bridgehead atoms. The number of carbonyl (C=O) groups excluding carboxylic acids is 2. The third-order valence-electron chi connectivity index (χ3n) is 9.16. The molecule has 3 aromatic rings. The number of Topliss-reactive ketones (excluding diaryl/α,β-unsaturated/α-hetero) is 2. The van der Waals surface area contributed by atoms with Gasteiger partial charge in [0.15, 0.2) is 11.5 Å². The smallest absolute Gasteiger partial charge is 0.161 e. The summed E-state index contributed by atoms with van der Waals surface area (Å²) in [7, 11) is 0. The van der Waals surface area contributed by atoms with Crippen molar-refractivity contribution >= 4 is 23.7 Å². The highest BCUT2D eigenvalue weighted by Crippen LogP contribution is 2.41. The lowest BCUT2D eigenvalue weighted by Crippen LogP contribution is -2.26. The molecular weight excluding hydrogens is 526 g/mol. The summed E-state index contributed by atoms with van der Waals surface area (Å²) < 4.78 is 6.01. The van der Waals surface area contributed by atoms with Crippen LogP contribution in [0.2, 0.25) is 0 Å². The minimum absolute atomic E-state index is 0.0512. The number of phenols is 2. The van der Waals surface area contributed by atoms with Crippen LogP contribution in [0.3, 0.4) is 0 Å². The van der Waals surface area contributed by atoms with Crippen LogP contribution in [0.25, 0.3) is 12.2 Å². The van der Waals surface area contributed by atoms with E-state index < -0.39 is 0 Å². The van der Waals surface area contributed by atoms with E-state index in [2.05, 4.69) is 17.1 Å². The van der Waals surface area contributed by atoms with Crippen molar-refractivity contribution in [2.45, 2.75) is 76.2 Å². The third kappa shape index (κ3) is 6.23. The number of allylic oxidation sites excluding steroid dienone is 2. The lowest BCUT2D eigenvalue weighted by molar-refractivity contribution is -0.128. The van der Waals surface area contributed by atoms with E-state index in [-0.39, 0.29) is 54.0 Å². The lowest BCUT2D eigenvalue weighted by atomic mass is 9.73. The molecule has 3 atom stereocenters. The number of ether oxygens (including phenoxy) is 1. The Morgan fingerprint density at radius 3 is 2.67 bits per heavy atom. The highest BCUT2D eigenvalue weighted by atomic mass is 16.5. The Labute approximate surface area is 247 Å². The molecule has 0 radical (unpaired) electrons. The molecule has 0 saturated heterocycles. The SMILES string of the molecule is O=C(CCc1ccc(O)c(OC2CCCC2)c1)CC(=O)[C@@H]1C=Cc2[n-]ccc2[C@H]1C[C@@H]1C=Cc2c(O)cccc2CC1. The standard InChI is InChI=1S/C36H38NO5/c38-26(13-9-24-11-17-34(40)36(21-24)42-27-5-1-2-6-27)22-35(41)30-15-16-32-29(18-19-37-32)31(30)20-23-8-12-25-4-3-7-33(39)28(25)14-10-23/h3-4,7,10-11,14-19,21,23,27,30-31,39-40H,1-2,5-6,8-9,12-13,20,22H2/q-1/t23-,30+,31+/m0/s1. The fourth-order valence-electron chi connectivity index (χ4n) is 6.82. The Hall–Kier alpha value is -4.06. The maximum absolute atomic E-state index is 13.6. The molecule has 1 heterocycles. The van der Waals surface area contributed by atoms with Crippen LogP contribution < -0.4 is 9.72 Å². The molecule has 6 rings (SSSR count). The van der Waals surface area contributed by atoms with Gasteiger partial charge in [-0.15, -0.1) is 5.69 Å². The molecule has 3 aliphatic carbocycles. The molecule has 6 heteroatoms. The topological polar surface area (TPSA) is 97.9 Å². The summed E-state index contributed by atoms with van der Waals surface area (Å²) in [5, 5.41) is 20.6. The molecule has 0 aliphatic heterocycles. The van der Waals surface area contributed by atoms with Crippen molar-refractivity contribution in [3.63, 3.8) is 0 Å². The summed E-state index contributed by atoms with van der Waals surface area (Å²) in [6.07, 6.45) is 17.4. The molecule has 3 aliphatic rings. The van der Waals surface area contributed by atoms with E-state index in [9.17, 15) is 19.8 Å². The number of fused-ring (bicyclic) bond motifs is 2. The largest absolute Gasteiger partial charge is 0.664 e. The zero-order valence-corrected chi connectivity index (χ0v) is 23.9. The number of phenolic OH excluding ortho intramolecular Hbond substituents is 2. The second kappa shape index (κ2) is 12.4. The maximum atomic E-state index is 13.6. The Kier molecular flexibility index (Phi) is 8.31. The molecule has 1 saturated carbocycles. The van der Waals surface area contributed by atoms with Crippen LogP contribution in [0.1, 0.15) is 85.2 Å². The molecule has 0 unspecified atom stereocenters. The van der Waals surface area contributed by atoms with E-state index in [4.69, 9.17) is 4.74 Å². The van der Waals surface area contributed by atoms with Crippen molar-refractivity contribution in [1.82, 2.24) is 4.98 Å². The predicted molar refractivity (Wildman–Crippen MR) is 163 cm³/mol. The number of carbonyl (C=O) groups is 2. The number of benzene rings is 2. The van der Waals surface area contributed by atoms with E-state index in [1.807, 2.05) is 42.5 Å². The van der Waals surface area contributed by atoms with Crippen LogP contribution >= 0.6 is 0 Å². The van der Waals surface area contributed by atoms with Crippen LogP contribution in [0.5, 0.6) is 17.2 Å². The van der Waals surface area contributed by atoms with Crippen LogP contribution in [-0.2, 0) is 22.4 Å². The van der Waals surface area contributed by atoms with E-state index >= 15 is 0 Å². The van der Waals surface area contributed by atoms with E-state index in [1.165, 1.54) is 0 Å². The van der Waals surface area contributed by atoms with Gasteiger partial charge in [0, 0.05) is 17.9 Å². The minimum Gasteiger partial charge on any atom is -0.664 e. The van der Waals surface area contributed by atoms with Gasteiger partial charge in [0.25, 0.3) is 0 Å². The number of hydrogen-bond donors (Lipinski definition) is 2. The maximum Gasteiger partial charge on any atom is 0.161 e. The number of aromatic hydroxyl groups is 2. The van der Waals surface area contributed by atoms with Gasteiger partial charge in [-0.25, -0.2) is 0 Å². The number of hydrogen-bond acceptors (Lipinski definition) is 5. The van der Waals surface area contributed by atoms with Crippen molar-refractivity contribution in [3.05, 3.63) is 88.8 Å². The van der Waals surface area contributed by atoms with Crippen LogP contribution in [0, 0.1) is 11.8 Å². The normalized spacial score (nSPS) is 21.5. The van der Waals surface area contributed by atoms with Crippen LogP contribution in [0.15, 0.2) is 60.8 Å². The monoisotopic (exact) mass is 564 g/mol. The zero-order chi connectivity index (χ0) is 29.1. The van der Waals surface area contributed by atoms with E-state index in [0.717, 1.165) is 72.9 Å². The Morgan fingerprint density at radius 1 is 0.952 bits per heavy atom. The second-order valence-electron chi connectivity index (χ2n) is 12.0. The fourth-order valence-corrected chi connectivity index (χ4v) is 6.82. The Morgan fingerprint density at radius 2 is 1.81 bits per heavy atom. The Bertz CT molecular complexity index is 1510. The van der Waals surface area contributed by atoms with Crippen LogP contribution in [-0.4, -0.2) is 27.9 Å². The van der Waals surface area contributed by atoms with Crippen molar-refractivity contribution in [2.75, 3.05) is 0 Å². The summed E-state index contributed by atoms with van der Waals surface area (Å²) in [5.74, 6) is 0.563. The molecule has 0 amide bonds. The highest BCUT2D eigenvalue weighted by Gasteiger charge is 2.32. The van der Waals surface area contributed by atoms with Gasteiger partial charge in [-0.05, 0) is 92.5 Å². The van der Waals surface area contributed by atoms with Gasteiger partial charge in [0.2, 0.25) is 0 Å². The predicted octanol–water partition coefficient (Wildman–Crippen LogP) is 6.93. The van der Waals surface area contributed by atoms with Gasteiger partial charge in [-0.3, -0.25) is 9.59 Å². The van der Waals surface area contributed by atoms with Gasteiger partial charge in [0.1, 0.15) is 17.3 Å². The number of nitrogens with zero attached hydrogens (tertiary/aromatic N) is 1. The first-order valence-corrected chi connectivity index (χ1v) is 15.3. The average molecular weight is 565 g/mol. The molecule has 1 aromatic heterocycles. The molecular formula is C36H38NO5-. The first-order chi connectivity index (χ1) is 20.4. The second-order valence-corrected chi connectivity index (χ2v) is 12.0. The van der Waals surface area contributed by atoms with Crippen molar-refractivity contribution < 1.29 is 24.5 Å². The van der Waals surface area contributed by atoms with Gasteiger partial charge in [0.05, 0.1) is 12.5 Å². The summed E-state index contributed by atoms with van der Waals surface area (Å²) in [6.45, 7) is 0. The van der Waals surface area contributed by atoms with Crippen LogP contribution in [0.4, 0.5) is 0 Å². The number of aromatic nitrogens is 1. The molecule has 1 fully saturated rings. The summed E-state index contributed by atoms with van der Waals surface area (Å²) in [6, 6.07) is 12.9. The molecule has 42 heavy (non-hydrogen) atoms.